The molecule has 0 saturated heterocycles. The zero-order chi connectivity index (χ0) is 27.0. The van der Waals surface area contributed by atoms with Crippen molar-refractivity contribution in [2.45, 2.75) is 70.5 Å². The van der Waals surface area contributed by atoms with E-state index in [1.165, 1.54) is 59.1 Å². The molecule has 0 heterocycles. The molecule has 0 aliphatic heterocycles. The quantitative estimate of drug-likeness (QED) is 0.295. The van der Waals surface area contributed by atoms with Gasteiger partial charge in [-0.25, -0.2) is 0 Å². The van der Waals surface area contributed by atoms with Crippen LogP contribution < -0.4 is 5.32 Å². The van der Waals surface area contributed by atoms with Crippen LogP contribution in [0.2, 0.25) is 0 Å². The Balaban J connectivity index is 1.14. The first-order valence-electron chi connectivity index (χ1n) is 14.9. The van der Waals surface area contributed by atoms with E-state index in [0.717, 1.165) is 44.8 Å². The monoisotopic (exact) mass is 523 g/mol. The maximum absolute atomic E-state index is 13.1. The molecule has 1 N–H and O–H groups in total. The van der Waals surface area contributed by atoms with Crippen LogP contribution in [-0.4, -0.2) is 48.9 Å². The smallest absolute Gasteiger partial charge is 0.222 e. The van der Waals surface area contributed by atoms with E-state index >= 15 is 0 Å². The van der Waals surface area contributed by atoms with Crippen LogP contribution in [0, 0.1) is 5.92 Å². The third kappa shape index (κ3) is 7.80. The van der Waals surface area contributed by atoms with Gasteiger partial charge in [0.05, 0.1) is 0 Å². The van der Waals surface area contributed by atoms with Crippen molar-refractivity contribution < 1.29 is 4.79 Å². The maximum Gasteiger partial charge on any atom is 0.222 e. The first-order chi connectivity index (χ1) is 19.0. The molecule has 0 aromatic heterocycles. The molecular formula is C35H45N3O. The number of rotatable bonds is 12. The van der Waals surface area contributed by atoms with Gasteiger partial charge >= 0.3 is 0 Å². The van der Waals surface area contributed by atoms with Gasteiger partial charge in [-0.1, -0.05) is 98.5 Å². The van der Waals surface area contributed by atoms with Crippen molar-refractivity contribution >= 4 is 5.91 Å². The molecule has 2 aliphatic carbocycles. The van der Waals surface area contributed by atoms with Crippen molar-refractivity contribution in [1.29, 1.82) is 0 Å². The van der Waals surface area contributed by atoms with Crippen molar-refractivity contribution in [3.63, 3.8) is 0 Å². The first-order valence-corrected chi connectivity index (χ1v) is 14.9. The maximum atomic E-state index is 13.1. The molecule has 0 radical (unpaired) electrons. The summed E-state index contributed by atoms with van der Waals surface area (Å²) in [6.45, 7) is 3.26. The second-order valence-corrected chi connectivity index (χ2v) is 12.0. The van der Waals surface area contributed by atoms with Crippen molar-refractivity contribution in [2.24, 2.45) is 5.92 Å². The Labute approximate surface area is 235 Å². The predicted octanol–water partition coefficient (Wildman–Crippen LogP) is 6.47. The van der Waals surface area contributed by atoms with E-state index in [1.807, 2.05) is 0 Å². The fourth-order valence-corrected chi connectivity index (χ4v) is 6.20. The fourth-order valence-electron chi connectivity index (χ4n) is 6.20. The fraction of sp³-hybridized carbons (Fsp3) is 0.457. The highest BCUT2D eigenvalue weighted by Gasteiger charge is 2.21. The normalized spacial score (nSPS) is 15.7. The molecular weight excluding hydrogens is 478 g/mol. The summed E-state index contributed by atoms with van der Waals surface area (Å²) in [4.78, 5) is 17.4. The largest absolute Gasteiger partial charge is 0.337 e. The van der Waals surface area contributed by atoms with Crippen LogP contribution in [0.25, 0.3) is 11.1 Å². The van der Waals surface area contributed by atoms with Gasteiger partial charge in [0.25, 0.3) is 0 Å². The second-order valence-electron chi connectivity index (χ2n) is 12.0. The van der Waals surface area contributed by atoms with Gasteiger partial charge in [0.1, 0.15) is 0 Å². The number of likely N-dealkylation sites (N-methyl/N-ethyl adjacent to an activating group) is 1. The summed E-state index contributed by atoms with van der Waals surface area (Å²) in [5, 5.41) is 3.75. The lowest BCUT2D eigenvalue weighted by Crippen LogP contribution is -2.36. The Kier molecular flexibility index (Phi) is 9.49. The summed E-state index contributed by atoms with van der Waals surface area (Å²) >= 11 is 0. The topological polar surface area (TPSA) is 35.6 Å². The van der Waals surface area contributed by atoms with Crippen LogP contribution in [-0.2, 0) is 30.7 Å². The van der Waals surface area contributed by atoms with E-state index in [-0.39, 0.29) is 0 Å². The average Bonchev–Trinajstić information content (AvgIpc) is 3.63. The van der Waals surface area contributed by atoms with Gasteiger partial charge in [-0.2, -0.15) is 0 Å². The second kappa shape index (κ2) is 13.4. The molecule has 0 spiro atoms. The van der Waals surface area contributed by atoms with Crippen molar-refractivity contribution in [1.82, 2.24) is 15.1 Å². The molecule has 0 bridgehead atoms. The number of amides is 1. The molecule has 4 heteroatoms. The van der Waals surface area contributed by atoms with Crippen LogP contribution in [0.15, 0.2) is 72.8 Å². The Morgan fingerprint density at radius 2 is 1.38 bits per heavy atom. The highest BCUT2D eigenvalue weighted by molar-refractivity contribution is 5.76. The lowest BCUT2D eigenvalue weighted by atomic mass is 10.0. The van der Waals surface area contributed by atoms with Crippen LogP contribution >= 0.6 is 0 Å². The number of nitrogens with one attached hydrogen (secondary N) is 1. The van der Waals surface area contributed by atoms with Crippen molar-refractivity contribution in [3.05, 3.63) is 95.1 Å². The lowest BCUT2D eigenvalue weighted by molar-refractivity contribution is -0.132. The molecule has 1 amide bonds. The predicted molar refractivity (Wildman–Crippen MR) is 162 cm³/mol. The van der Waals surface area contributed by atoms with Gasteiger partial charge in [-0.05, 0) is 72.7 Å². The highest BCUT2D eigenvalue weighted by Crippen LogP contribution is 2.29. The minimum atomic E-state index is 0.304. The van der Waals surface area contributed by atoms with E-state index in [2.05, 4.69) is 102 Å². The Hall–Kier alpha value is -2.95. The highest BCUT2D eigenvalue weighted by atomic mass is 16.2. The van der Waals surface area contributed by atoms with Gasteiger partial charge in [0.15, 0.2) is 0 Å². The van der Waals surface area contributed by atoms with E-state index in [4.69, 9.17) is 0 Å². The number of hydrogen-bond acceptors (Lipinski definition) is 3. The van der Waals surface area contributed by atoms with Gasteiger partial charge in [0.2, 0.25) is 5.91 Å². The van der Waals surface area contributed by atoms with Gasteiger partial charge in [-0.15, -0.1) is 0 Å². The molecule has 3 aromatic carbocycles. The Bertz CT molecular complexity index is 1170. The standard InChI is InChI=1S/C35H45N3O/c1-37(2)21-22-38(35(39)20-15-27-7-3-4-8-27)26-29-13-18-31(19-14-29)30-16-11-28(12-17-30)25-36-34-23-32-9-5-6-10-33(32)24-34/h5-6,9-14,16-19,27,34,36H,3-4,7-8,15,20-26H2,1-2H3. The van der Waals surface area contributed by atoms with E-state index < -0.39 is 0 Å². The summed E-state index contributed by atoms with van der Waals surface area (Å²) in [7, 11) is 4.15. The average molecular weight is 524 g/mol. The van der Waals surface area contributed by atoms with Gasteiger partial charge < -0.3 is 15.1 Å². The number of carbonyl (C=O) groups is 1. The Morgan fingerprint density at radius 3 is 1.97 bits per heavy atom. The lowest BCUT2D eigenvalue weighted by Gasteiger charge is -2.25. The molecule has 4 nitrogen and oxygen atoms in total. The molecule has 2 aliphatic rings. The zero-order valence-electron chi connectivity index (χ0n) is 23.9. The molecule has 39 heavy (non-hydrogen) atoms. The molecule has 0 atom stereocenters. The van der Waals surface area contributed by atoms with Crippen LogP contribution in [0.3, 0.4) is 0 Å². The van der Waals surface area contributed by atoms with E-state index in [9.17, 15) is 4.79 Å². The van der Waals surface area contributed by atoms with E-state index in [0.29, 0.717) is 24.9 Å². The summed E-state index contributed by atoms with van der Waals surface area (Å²) in [5.74, 6) is 1.06. The number of nitrogens with zero attached hydrogens (tertiary/aromatic N) is 2. The SMILES string of the molecule is CN(C)CCN(Cc1ccc(-c2ccc(CNC3Cc4ccccc4C3)cc2)cc1)C(=O)CCC1CCCC1. The third-order valence-corrected chi connectivity index (χ3v) is 8.67. The van der Waals surface area contributed by atoms with Gasteiger partial charge in [-0.3, -0.25) is 4.79 Å². The van der Waals surface area contributed by atoms with Crippen LogP contribution in [0.4, 0.5) is 0 Å². The minimum absolute atomic E-state index is 0.304. The number of carbonyl (C=O) groups excluding carboxylic acids is 1. The van der Waals surface area contributed by atoms with Crippen molar-refractivity contribution in [3.8, 4) is 11.1 Å². The number of benzene rings is 3. The minimum Gasteiger partial charge on any atom is -0.337 e. The zero-order valence-corrected chi connectivity index (χ0v) is 23.9. The summed E-state index contributed by atoms with van der Waals surface area (Å²) < 4.78 is 0. The van der Waals surface area contributed by atoms with E-state index in [1.54, 1.807) is 0 Å². The molecule has 1 saturated carbocycles. The first kappa shape index (κ1) is 27.6. The number of fused-ring (bicyclic) bond motifs is 1. The molecule has 3 aromatic rings. The molecule has 206 valence electrons. The summed E-state index contributed by atoms with van der Waals surface area (Å²) in [6, 6.07) is 27.0. The Morgan fingerprint density at radius 1 is 0.795 bits per heavy atom. The van der Waals surface area contributed by atoms with Crippen molar-refractivity contribution in [2.75, 3.05) is 27.2 Å². The number of hydrogen-bond donors (Lipinski definition) is 1. The third-order valence-electron chi connectivity index (χ3n) is 8.67. The molecule has 1 fully saturated rings. The summed E-state index contributed by atoms with van der Waals surface area (Å²) in [5.41, 5.74) is 7.95. The molecule has 5 rings (SSSR count). The van der Waals surface area contributed by atoms with Gasteiger partial charge in [0, 0.05) is 38.6 Å². The van der Waals surface area contributed by atoms with Crippen LogP contribution in [0.5, 0.6) is 0 Å². The van der Waals surface area contributed by atoms with Crippen LogP contribution in [0.1, 0.15) is 60.8 Å². The molecule has 0 unspecified atom stereocenters. The summed E-state index contributed by atoms with van der Waals surface area (Å²) in [6.07, 6.45) is 9.27.